The van der Waals surface area contributed by atoms with Gasteiger partial charge in [0.2, 0.25) is 0 Å². The zero-order chi connectivity index (χ0) is 21.0. The van der Waals surface area contributed by atoms with Crippen LogP contribution in [-0.4, -0.2) is 0 Å². The van der Waals surface area contributed by atoms with Crippen molar-refractivity contribution in [3.05, 3.63) is 53.1 Å². The van der Waals surface area contributed by atoms with Crippen LogP contribution in [-0.2, 0) is 0 Å². The fraction of sp³-hybridized carbons (Fsp3) is 0.435. The predicted octanol–water partition coefficient (Wildman–Crippen LogP) is 7.95. The van der Waals surface area contributed by atoms with E-state index in [2.05, 4.69) is 6.92 Å². The van der Waals surface area contributed by atoms with Crippen molar-refractivity contribution in [2.24, 2.45) is 5.92 Å². The van der Waals surface area contributed by atoms with Crippen LogP contribution in [0.15, 0.2) is 29.2 Å². The number of unbranched alkanes of at least 4 members (excludes halogenated alkanes) is 1. The normalized spacial score (nSPS) is 19.2. The molecule has 1 aliphatic rings. The molecule has 29 heavy (non-hydrogen) atoms. The van der Waals surface area contributed by atoms with Gasteiger partial charge in [0.25, 0.3) is 0 Å². The number of hydrogen-bond acceptors (Lipinski definition) is 2. The summed E-state index contributed by atoms with van der Waals surface area (Å²) in [7, 11) is 0. The average Bonchev–Trinajstić information content (AvgIpc) is 2.75. The molecule has 0 heterocycles. The maximum atomic E-state index is 14.4. The molecular formula is C23H23F4NS. The smallest absolute Gasteiger partial charge is 0.177 e. The number of nitrogens with zero attached hydrogens (tertiary/aromatic N) is 1. The Morgan fingerprint density at radius 1 is 0.931 bits per heavy atom. The lowest BCUT2D eigenvalue weighted by Crippen LogP contribution is -2.13. The van der Waals surface area contributed by atoms with Crippen LogP contribution in [0.1, 0.15) is 63.4 Å². The van der Waals surface area contributed by atoms with Gasteiger partial charge >= 0.3 is 0 Å². The van der Waals surface area contributed by atoms with Gasteiger partial charge < -0.3 is 0 Å². The van der Waals surface area contributed by atoms with Gasteiger partial charge in [0, 0.05) is 0 Å². The van der Waals surface area contributed by atoms with Crippen LogP contribution >= 0.6 is 11.8 Å². The maximum absolute atomic E-state index is 14.4. The SMILES string of the molecule is CCCCC1CCC(c2ccc(-c3c(F)c(F)c(SC#N)c(F)c3F)cc2)CC1. The van der Waals surface area contributed by atoms with Gasteiger partial charge in [-0.05, 0) is 60.4 Å². The number of halogens is 4. The van der Waals surface area contributed by atoms with Crippen LogP contribution in [0.2, 0.25) is 0 Å². The lowest BCUT2D eigenvalue weighted by Gasteiger charge is -2.29. The van der Waals surface area contributed by atoms with Gasteiger partial charge in [-0.15, -0.1) is 0 Å². The molecule has 0 amide bonds. The van der Waals surface area contributed by atoms with E-state index in [9.17, 15) is 17.6 Å². The Bertz CT molecular complexity index is 868. The van der Waals surface area contributed by atoms with Crippen LogP contribution in [0.3, 0.4) is 0 Å². The second-order valence-electron chi connectivity index (χ2n) is 7.64. The van der Waals surface area contributed by atoms with Gasteiger partial charge in [-0.1, -0.05) is 50.5 Å². The van der Waals surface area contributed by atoms with Crippen LogP contribution in [0.5, 0.6) is 0 Å². The van der Waals surface area contributed by atoms with Crippen molar-refractivity contribution >= 4 is 11.8 Å². The van der Waals surface area contributed by atoms with Gasteiger partial charge in [0.15, 0.2) is 23.3 Å². The first-order valence-electron chi connectivity index (χ1n) is 10.00. The van der Waals surface area contributed by atoms with Crippen molar-refractivity contribution in [3.8, 4) is 16.5 Å². The zero-order valence-electron chi connectivity index (χ0n) is 16.3. The molecule has 0 radical (unpaired) electrons. The molecule has 0 unspecified atom stereocenters. The van der Waals surface area contributed by atoms with Crippen molar-refractivity contribution in [1.29, 1.82) is 5.26 Å². The van der Waals surface area contributed by atoms with Gasteiger partial charge in [-0.2, -0.15) is 5.26 Å². The molecule has 0 aliphatic heterocycles. The number of hydrogen-bond donors (Lipinski definition) is 0. The van der Waals surface area contributed by atoms with E-state index in [0.29, 0.717) is 5.92 Å². The van der Waals surface area contributed by atoms with E-state index in [0.717, 1.165) is 24.3 Å². The van der Waals surface area contributed by atoms with Crippen molar-refractivity contribution in [1.82, 2.24) is 0 Å². The molecular weight excluding hydrogens is 398 g/mol. The third-order valence-corrected chi connectivity index (χ3v) is 6.51. The highest BCUT2D eigenvalue weighted by Crippen LogP contribution is 2.40. The number of rotatable bonds is 6. The van der Waals surface area contributed by atoms with Crippen LogP contribution in [0.25, 0.3) is 11.1 Å². The Hall–Kier alpha value is -2.00. The predicted molar refractivity (Wildman–Crippen MR) is 107 cm³/mol. The molecule has 6 heteroatoms. The van der Waals surface area contributed by atoms with Crippen molar-refractivity contribution < 1.29 is 17.6 Å². The van der Waals surface area contributed by atoms with Crippen LogP contribution in [0, 0.1) is 39.8 Å². The molecule has 0 spiro atoms. The molecule has 0 atom stereocenters. The summed E-state index contributed by atoms with van der Waals surface area (Å²) >= 11 is 0.0624. The van der Waals surface area contributed by atoms with Crippen molar-refractivity contribution in [2.75, 3.05) is 0 Å². The minimum absolute atomic E-state index is 0.0624. The summed E-state index contributed by atoms with van der Waals surface area (Å²) < 4.78 is 57.0. The van der Waals surface area contributed by atoms with E-state index in [1.54, 1.807) is 12.1 Å². The molecule has 1 nitrogen and oxygen atoms in total. The highest BCUT2D eigenvalue weighted by atomic mass is 32.2. The number of thiocyanates is 1. The molecule has 154 valence electrons. The summed E-state index contributed by atoms with van der Waals surface area (Å²) in [5.41, 5.74) is 0.421. The molecule has 1 fully saturated rings. The van der Waals surface area contributed by atoms with Crippen molar-refractivity contribution in [2.45, 2.75) is 62.7 Å². The molecule has 1 saturated carbocycles. The average molecular weight is 422 g/mol. The van der Waals surface area contributed by atoms with E-state index >= 15 is 0 Å². The first-order chi connectivity index (χ1) is 14.0. The van der Waals surface area contributed by atoms with E-state index in [4.69, 9.17) is 5.26 Å². The fourth-order valence-corrected chi connectivity index (χ4v) is 4.65. The number of nitriles is 1. The minimum Gasteiger partial charge on any atom is -0.203 e. The lowest BCUT2D eigenvalue weighted by atomic mass is 9.77. The quantitative estimate of drug-likeness (QED) is 0.204. The Labute approximate surface area is 173 Å². The minimum atomic E-state index is -1.54. The molecule has 1 aliphatic carbocycles. The Kier molecular flexibility index (Phi) is 7.23. The van der Waals surface area contributed by atoms with E-state index in [-0.39, 0.29) is 17.3 Å². The molecule has 0 bridgehead atoms. The number of benzene rings is 2. The van der Waals surface area contributed by atoms with E-state index in [1.807, 2.05) is 0 Å². The van der Waals surface area contributed by atoms with Gasteiger partial charge in [0.1, 0.15) is 5.40 Å². The topological polar surface area (TPSA) is 23.8 Å². The highest BCUT2D eigenvalue weighted by Gasteiger charge is 2.27. The second kappa shape index (κ2) is 9.67. The molecule has 2 aromatic rings. The monoisotopic (exact) mass is 421 g/mol. The highest BCUT2D eigenvalue weighted by molar-refractivity contribution is 8.03. The largest absolute Gasteiger partial charge is 0.203 e. The second-order valence-corrected chi connectivity index (χ2v) is 8.43. The van der Waals surface area contributed by atoms with Crippen LogP contribution < -0.4 is 0 Å². The first-order valence-corrected chi connectivity index (χ1v) is 10.8. The van der Waals surface area contributed by atoms with Crippen molar-refractivity contribution in [3.63, 3.8) is 0 Å². The summed E-state index contributed by atoms with van der Waals surface area (Å²) in [5.74, 6) is -4.86. The molecule has 2 aromatic carbocycles. The molecule has 0 saturated heterocycles. The fourth-order valence-electron chi connectivity index (χ4n) is 4.20. The summed E-state index contributed by atoms with van der Waals surface area (Å²) in [6.45, 7) is 2.20. The lowest BCUT2D eigenvalue weighted by molar-refractivity contribution is 0.304. The summed E-state index contributed by atoms with van der Waals surface area (Å²) in [6.07, 6.45) is 8.29. The van der Waals surface area contributed by atoms with E-state index in [1.165, 1.54) is 49.6 Å². The molecule has 0 aromatic heterocycles. The standard InChI is InChI=1S/C23H23F4NS/c1-2-3-4-14-5-7-15(8-6-14)16-9-11-17(12-10-16)18-19(24)21(26)23(29-13-28)22(27)20(18)25/h9-12,14-15H,2-8H2,1H3. The first kappa shape index (κ1) is 21.7. The maximum Gasteiger partial charge on any atom is 0.177 e. The molecule has 0 N–H and O–H groups in total. The summed E-state index contributed by atoms with van der Waals surface area (Å²) in [6, 6.07) is 6.60. The zero-order valence-corrected chi connectivity index (χ0v) is 17.1. The van der Waals surface area contributed by atoms with E-state index < -0.39 is 33.7 Å². The number of thioether (sulfide) groups is 1. The molecule has 3 rings (SSSR count). The van der Waals surface area contributed by atoms with Gasteiger partial charge in [-0.25, -0.2) is 17.6 Å². The Morgan fingerprint density at radius 2 is 1.52 bits per heavy atom. The third kappa shape index (κ3) is 4.61. The Morgan fingerprint density at radius 3 is 2.03 bits per heavy atom. The Balaban J connectivity index is 1.80. The van der Waals surface area contributed by atoms with Crippen LogP contribution in [0.4, 0.5) is 17.6 Å². The van der Waals surface area contributed by atoms with Gasteiger partial charge in [0.05, 0.1) is 10.5 Å². The summed E-state index contributed by atoms with van der Waals surface area (Å²) in [4.78, 5) is -0.956. The third-order valence-electron chi connectivity index (χ3n) is 5.85. The van der Waals surface area contributed by atoms with Gasteiger partial charge in [-0.3, -0.25) is 0 Å². The summed E-state index contributed by atoms with van der Waals surface area (Å²) in [5, 5.41) is 10.0.